The normalized spacial score (nSPS) is 12.4. The summed E-state index contributed by atoms with van der Waals surface area (Å²) < 4.78 is 5.84. The van der Waals surface area contributed by atoms with Gasteiger partial charge in [-0.25, -0.2) is 0 Å². The van der Waals surface area contributed by atoms with Gasteiger partial charge in [-0.3, -0.25) is 0 Å². The zero-order valence-electron chi connectivity index (χ0n) is 12.7. The first kappa shape index (κ1) is 16.0. The molecular formula is C17H29NO. The molecule has 1 N–H and O–H groups in total. The van der Waals surface area contributed by atoms with Crippen molar-refractivity contribution in [2.45, 2.75) is 58.4 Å². The van der Waals surface area contributed by atoms with Gasteiger partial charge in [0.25, 0.3) is 0 Å². The topological polar surface area (TPSA) is 21.3 Å². The van der Waals surface area contributed by atoms with Crippen LogP contribution in [-0.2, 0) is 0 Å². The third-order valence-corrected chi connectivity index (χ3v) is 3.53. The van der Waals surface area contributed by atoms with E-state index in [1.54, 1.807) is 0 Å². The van der Waals surface area contributed by atoms with Gasteiger partial charge in [-0.1, -0.05) is 51.7 Å². The van der Waals surface area contributed by atoms with E-state index >= 15 is 0 Å². The summed E-state index contributed by atoms with van der Waals surface area (Å²) in [4.78, 5) is 0. The molecule has 0 aliphatic carbocycles. The lowest BCUT2D eigenvalue weighted by Crippen LogP contribution is -2.15. The SMILES string of the molecule is CCCCCCCOc1cccc(C(CC)NC)c1. The second-order valence-corrected chi connectivity index (χ2v) is 5.08. The Labute approximate surface area is 118 Å². The Morgan fingerprint density at radius 1 is 1.11 bits per heavy atom. The van der Waals surface area contributed by atoms with Crippen LogP contribution in [0, 0.1) is 0 Å². The average molecular weight is 263 g/mol. The van der Waals surface area contributed by atoms with E-state index in [0.717, 1.165) is 25.2 Å². The van der Waals surface area contributed by atoms with Crippen molar-refractivity contribution in [1.82, 2.24) is 5.32 Å². The molecule has 1 aromatic rings. The molecule has 0 aromatic heterocycles. The average Bonchev–Trinajstić information content (AvgIpc) is 2.45. The van der Waals surface area contributed by atoms with E-state index in [-0.39, 0.29) is 0 Å². The highest BCUT2D eigenvalue weighted by Gasteiger charge is 2.06. The fourth-order valence-electron chi connectivity index (χ4n) is 2.32. The molecule has 1 unspecified atom stereocenters. The molecule has 0 saturated carbocycles. The highest BCUT2D eigenvalue weighted by Crippen LogP contribution is 2.21. The molecule has 0 heterocycles. The van der Waals surface area contributed by atoms with Crippen molar-refractivity contribution < 1.29 is 4.74 Å². The first-order valence-electron chi connectivity index (χ1n) is 7.71. The Balaban J connectivity index is 2.35. The molecule has 0 bridgehead atoms. The van der Waals surface area contributed by atoms with Crippen molar-refractivity contribution in [1.29, 1.82) is 0 Å². The Hall–Kier alpha value is -1.02. The van der Waals surface area contributed by atoms with Crippen LogP contribution in [-0.4, -0.2) is 13.7 Å². The van der Waals surface area contributed by atoms with E-state index < -0.39 is 0 Å². The lowest BCUT2D eigenvalue weighted by atomic mass is 10.0. The third kappa shape index (κ3) is 6.11. The zero-order chi connectivity index (χ0) is 13.9. The number of unbranched alkanes of at least 4 members (excludes halogenated alkanes) is 4. The molecule has 1 rings (SSSR count). The molecular weight excluding hydrogens is 234 g/mol. The van der Waals surface area contributed by atoms with Crippen LogP contribution in [0.2, 0.25) is 0 Å². The van der Waals surface area contributed by atoms with E-state index in [1.165, 1.54) is 31.2 Å². The molecule has 0 radical (unpaired) electrons. The molecule has 0 aliphatic rings. The van der Waals surface area contributed by atoms with Crippen molar-refractivity contribution in [3.8, 4) is 5.75 Å². The van der Waals surface area contributed by atoms with Gasteiger partial charge in [0.2, 0.25) is 0 Å². The minimum Gasteiger partial charge on any atom is -0.494 e. The summed E-state index contributed by atoms with van der Waals surface area (Å²) in [7, 11) is 2.01. The molecule has 0 amide bonds. The Bertz CT molecular complexity index is 334. The second kappa shape index (κ2) is 9.85. The van der Waals surface area contributed by atoms with Gasteiger partial charge in [-0.15, -0.1) is 0 Å². The van der Waals surface area contributed by atoms with Gasteiger partial charge < -0.3 is 10.1 Å². The van der Waals surface area contributed by atoms with Crippen LogP contribution < -0.4 is 10.1 Å². The first-order valence-corrected chi connectivity index (χ1v) is 7.71. The molecule has 19 heavy (non-hydrogen) atoms. The van der Waals surface area contributed by atoms with Crippen molar-refractivity contribution in [2.75, 3.05) is 13.7 Å². The molecule has 0 spiro atoms. The maximum Gasteiger partial charge on any atom is 0.119 e. The monoisotopic (exact) mass is 263 g/mol. The van der Waals surface area contributed by atoms with Gasteiger partial charge in [0.05, 0.1) is 6.61 Å². The van der Waals surface area contributed by atoms with Gasteiger partial charge in [-0.2, -0.15) is 0 Å². The Morgan fingerprint density at radius 3 is 2.58 bits per heavy atom. The molecule has 0 fully saturated rings. The quantitative estimate of drug-likeness (QED) is 0.617. The van der Waals surface area contributed by atoms with Crippen LogP contribution in [0.25, 0.3) is 0 Å². The van der Waals surface area contributed by atoms with E-state index in [1.807, 2.05) is 7.05 Å². The van der Waals surface area contributed by atoms with Crippen molar-refractivity contribution in [2.24, 2.45) is 0 Å². The van der Waals surface area contributed by atoms with Crippen LogP contribution in [0.4, 0.5) is 0 Å². The van der Waals surface area contributed by atoms with E-state index in [4.69, 9.17) is 4.74 Å². The van der Waals surface area contributed by atoms with Crippen LogP contribution in [0.1, 0.15) is 64.0 Å². The van der Waals surface area contributed by atoms with Gasteiger partial charge in [0.1, 0.15) is 5.75 Å². The highest BCUT2D eigenvalue weighted by molar-refractivity contribution is 5.30. The molecule has 2 nitrogen and oxygen atoms in total. The number of ether oxygens (including phenoxy) is 1. The van der Waals surface area contributed by atoms with Crippen molar-refractivity contribution in [3.05, 3.63) is 29.8 Å². The molecule has 108 valence electrons. The minimum absolute atomic E-state index is 0.424. The first-order chi connectivity index (χ1) is 9.31. The number of rotatable bonds is 10. The number of hydrogen-bond acceptors (Lipinski definition) is 2. The third-order valence-electron chi connectivity index (χ3n) is 3.53. The summed E-state index contributed by atoms with van der Waals surface area (Å²) in [5, 5.41) is 3.33. The van der Waals surface area contributed by atoms with Gasteiger partial charge in [-0.05, 0) is 37.6 Å². The highest BCUT2D eigenvalue weighted by atomic mass is 16.5. The smallest absolute Gasteiger partial charge is 0.119 e. The fraction of sp³-hybridized carbons (Fsp3) is 0.647. The maximum absolute atomic E-state index is 5.84. The van der Waals surface area contributed by atoms with Crippen molar-refractivity contribution >= 4 is 0 Å². The summed E-state index contributed by atoms with van der Waals surface area (Å²) in [6.07, 6.45) is 7.50. The van der Waals surface area contributed by atoms with Crippen LogP contribution in [0.15, 0.2) is 24.3 Å². The van der Waals surface area contributed by atoms with E-state index in [2.05, 4.69) is 43.4 Å². The standard InChI is InChI=1S/C17H29NO/c1-4-6-7-8-9-13-19-16-12-10-11-15(14-16)17(5-2)18-3/h10-12,14,17-18H,4-9,13H2,1-3H3. The van der Waals surface area contributed by atoms with Crippen LogP contribution in [0.3, 0.4) is 0 Å². The van der Waals surface area contributed by atoms with Gasteiger partial charge in [0, 0.05) is 6.04 Å². The van der Waals surface area contributed by atoms with E-state index in [9.17, 15) is 0 Å². The Morgan fingerprint density at radius 2 is 1.89 bits per heavy atom. The zero-order valence-corrected chi connectivity index (χ0v) is 12.7. The lowest BCUT2D eigenvalue weighted by molar-refractivity contribution is 0.304. The van der Waals surface area contributed by atoms with Crippen LogP contribution >= 0.6 is 0 Å². The Kier molecular flexibility index (Phi) is 8.31. The minimum atomic E-state index is 0.424. The summed E-state index contributed by atoms with van der Waals surface area (Å²) in [5.41, 5.74) is 1.31. The largest absolute Gasteiger partial charge is 0.494 e. The number of hydrogen-bond donors (Lipinski definition) is 1. The summed E-state index contributed by atoms with van der Waals surface area (Å²) in [6, 6.07) is 8.89. The number of nitrogens with one attached hydrogen (secondary N) is 1. The molecule has 0 aliphatic heterocycles. The molecule has 0 saturated heterocycles. The fourth-order valence-corrected chi connectivity index (χ4v) is 2.32. The molecule has 1 aromatic carbocycles. The second-order valence-electron chi connectivity index (χ2n) is 5.08. The van der Waals surface area contributed by atoms with E-state index in [0.29, 0.717) is 6.04 Å². The van der Waals surface area contributed by atoms with Crippen molar-refractivity contribution in [3.63, 3.8) is 0 Å². The van der Waals surface area contributed by atoms with Gasteiger partial charge in [0.15, 0.2) is 0 Å². The predicted octanol–water partition coefficient (Wildman–Crippen LogP) is 4.71. The maximum atomic E-state index is 5.84. The molecule has 1 atom stereocenters. The summed E-state index contributed by atoms with van der Waals surface area (Å²) in [6.45, 7) is 5.28. The van der Waals surface area contributed by atoms with Gasteiger partial charge >= 0.3 is 0 Å². The number of benzene rings is 1. The predicted molar refractivity (Wildman–Crippen MR) is 82.8 cm³/mol. The molecule has 2 heteroatoms. The lowest BCUT2D eigenvalue weighted by Gasteiger charge is -2.15. The van der Waals surface area contributed by atoms with Crippen LogP contribution in [0.5, 0.6) is 5.75 Å². The summed E-state index contributed by atoms with van der Waals surface area (Å²) >= 11 is 0. The summed E-state index contributed by atoms with van der Waals surface area (Å²) in [5.74, 6) is 1.00.